The van der Waals surface area contributed by atoms with Gasteiger partial charge >= 0.3 is 5.97 Å². The van der Waals surface area contributed by atoms with Crippen LogP contribution in [-0.2, 0) is 20.9 Å². The third-order valence-corrected chi connectivity index (χ3v) is 6.04. The number of esters is 1. The zero-order valence-electron chi connectivity index (χ0n) is 16.5. The van der Waals surface area contributed by atoms with E-state index in [2.05, 4.69) is 5.32 Å². The minimum atomic E-state index is -0.581. The maximum atomic E-state index is 13.2. The molecule has 0 amide bonds. The molecule has 2 aliphatic rings. The van der Waals surface area contributed by atoms with Crippen molar-refractivity contribution in [3.8, 4) is 0 Å². The van der Waals surface area contributed by atoms with Crippen molar-refractivity contribution in [1.29, 1.82) is 0 Å². The highest BCUT2D eigenvalue weighted by molar-refractivity contribution is 6.35. The maximum absolute atomic E-state index is 13.2. The first-order valence-corrected chi connectivity index (χ1v) is 10.6. The summed E-state index contributed by atoms with van der Waals surface area (Å²) in [7, 11) is 0. The second-order valence-electron chi connectivity index (χ2n) is 7.49. The van der Waals surface area contributed by atoms with Gasteiger partial charge < -0.3 is 10.1 Å². The number of carbonyl (C=O) groups excluding carboxylic acids is 2. The number of ether oxygens (including phenoxy) is 1. The van der Waals surface area contributed by atoms with Crippen LogP contribution in [-0.4, -0.2) is 11.8 Å². The molecule has 1 atom stereocenters. The van der Waals surface area contributed by atoms with E-state index in [4.69, 9.17) is 27.9 Å². The lowest BCUT2D eigenvalue weighted by Crippen LogP contribution is -2.34. The van der Waals surface area contributed by atoms with Crippen LogP contribution in [0, 0.1) is 0 Å². The van der Waals surface area contributed by atoms with E-state index in [1.165, 1.54) is 0 Å². The van der Waals surface area contributed by atoms with Gasteiger partial charge in [-0.3, -0.25) is 4.79 Å². The molecule has 0 radical (unpaired) electrons. The fourth-order valence-corrected chi connectivity index (χ4v) is 4.62. The van der Waals surface area contributed by atoms with Gasteiger partial charge in [0, 0.05) is 39.4 Å². The van der Waals surface area contributed by atoms with E-state index in [1.54, 1.807) is 18.2 Å². The summed E-state index contributed by atoms with van der Waals surface area (Å²) in [5, 5.41) is 4.19. The number of carbonyl (C=O) groups is 2. The smallest absolute Gasteiger partial charge is 0.337 e. The van der Waals surface area contributed by atoms with Crippen LogP contribution in [0.15, 0.2) is 71.1 Å². The van der Waals surface area contributed by atoms with E-state index >= 15 is 0 Å². The normalized spacial score (nSPS) is 18.8. The van der Waals surface area contributed by atoms with E-state index in [-0.39, 0.29) is 12.4 Å². The largest absolute Gasteiger partial charge is 0.457 e. The topological polar surface area (TPSA) is 55.4 Å². The van der Waals surface area contributed by atoms with Crippen molar-refractivity contribution in [2.45, 2.75) is 38.7 Å². The monoisotopic (exact) mass is 441 g/mol. The van der Waals surface area contributed by atoms with Crippen molar-refractivity contribution in [2.75, 3.05) is 0 Å². The Kier molecular flexibility index (Phi) is 5.98. The van der Waals surface area contributed by atoms with Crippen LogP contribution >= 0.6 is 23.2 Å². The van der Waals surface area contributed by atoms with Gasteiger partial charge in [-0.25, -0.2) is 4.79 Å². The predicted molar refractivity (Wildman–Crippen MR) is 117 cm³/mol. The molecule has 1 heterocycles. The Bertz CT molecular complexity index is 1070. The highest BCUT2D eigenvalue weighted by atomic mass is 35.5. The third kappa shape index (κ3) is 4.03. The van der Waals surface area contributed by atoms with E-state index in [1.807, 2.05) is 37.3 Å². The maximum Gasteiger partial charge on any atom is 0.337 e. The molecule has 6 heteroatoms. The van der Waals surface area contributed by atoms with Crippen molar-refractivity contribution < 1.29 is 14.3 Å². The van der Waals surface area contributed by atoms with Crippen molar-refractivity contribution in [3.05, 3.63) is 92.2 Å². The average molecular weight is 442 g/mol. The zero-order valence-corrected chi connectivity index (χ0v) is 18.0. The molecule has 0 fully saturated rings. The zero-order chi connectivity index (χ0) is 21.3. The summed E-state index contributed by atoms with van der Waals surface area (Å²) < 4.78 is 5.63. The molecule has 2 aromatic rings. The minimum Gasteiger partial charge on any atom is -0.457 e. The molecule has 2 aromatic carbocycles. The molecule has 154 valence electrons. The molecule has 30 heavy (non-hydrogen) atoms. The summed E-state index contributed by atoms with van der Waals surface area (Å²) in [5.41, 5.74) is 4.11. The highest BCUT2D eigenvalue weighted by Gasteiger charge is 2.39. The third-order valence-electron chi connectivity index (χ3n) is 5.48. The number of ketones is 1. The van der Waals surface area contributed by atoms with Gasteiger partial charge in [0.15, 0.2) is 5.78 Å². The molecular weight excluding hydrogens is 421 g/mol. The Hall–Kier alpha value is -2.56. The standard InChI is InChI=1S/C24H21Cl2NO3/c1-14-21(24(29)30-13-15-6-3-2-4-7-15)22(17-11-10-16(25)12-18(17)26)23-19(27-14)8-5-9-20(23)28/h2-4,6-7,10-12,22,27H,5,8-9,13H2,1H3. The molecule has 0 saturated carbocycles. The van der Waals surface area contributed by atoms with Gasteiger partial charge in [-0.1, -0.05) is 59.6 Å². The Morgan fingerprint density at radius 1 is 1.13 bits per heavy atom. The summed E-state index contributed by atoms with van der Waals surface area (Å²) in [5.74, 6) is -1.02. The number of allylic oxidation sites excluding steroid dienone is 3. The number of rotatable bonds is 4. The van der Waals surface area contributed by atoms with E-state index in [0.717, 1.165) is 24.1 Å². The van der Waals surface area contributed by atoms with Gasteiger partial charge in [0.05, 0.1) is 5.57 Å². The van der Waals surface area contributed by atoms with Crippen LogP contribution in [0.3, 0.4) is 0 Å². The Morgan fingerprint density at radius 2 is 1.90 bits per heavy atom. The molecule has 0 aromatic heterocycles. The Labute approximate surface area is 185 Å². The molecule has 1 N–H and O–H groups in total. The summed E-state index contributed by atoms with van der Waals surface area (Å²) in [6, 6.07) is 14.6. The van der Waals surface area contributed by atoms with Gasteiger partial charge in [0.25, 0.3) is 0 Å². The number of hydrogen-bond donors (Lipinski definition) is 1. The second kappa shape index (κ2) is 8.66. The predicted octanol–water partition coefficient (Wildman–Crippen LogP) is 5.70. The Balaban J connectivity index is 1.74. The number of nitrogens with one attached hydrogen (secondary N) is 1. The van der Waals surface area contributed by atoms with E-state index < -0.39 is 11.9 Å². The van der Waals surface area contributed by atoms with E-state index in [0.29, 0.717) is 38.9 Å². The summed E-state index contributed by atoms with van der Waals surface area (Å²) in [6.45, 7) is 1.98. The lowest BCUT2D eigenvalue weighted by atomic mass is 9.75. The molecule has 4 rings (SSSR count). The fourth-order valence-electron chi connectivity index (χ4n) is 4.10. The Morgan fingerprint density at radius 3 is 2.63 bits per heavy atom. The van der Waals surface area contributed by atoms with Gasteiger partial charge in [-0.15, -0.1) is 0 Å². The van der Waals surface area contributed by atoms with Crippen LogP contribution in [0.25, 0.3) is 0 Å². The van der Waals surface area contributed by atoms with Crippen molar-refractivity contribution in [2.24, 2.45) is 0 Å². The summed E-state index contributed by atoms with van der Waals surface area (Å²) in [4.78, 5) is 26.1. The molecule has 4 nitrogen and oxygen atoms in total. The first-order chi connectivity index (χ1) is 14.5. The van der Waals surface area contributed by atoms with Gasteiger partial charge in [-0.2, -0.15) is 0 Å². The number of hydrogen-bond acceptors (Lipinski definition) is 4. The minimum absolute atomic E-state index is 0.0284. The van der Waals surface area contributed by atoms with Crippen LogP contribution in [0.2, 0.25) is 10.0 Å². The molecule has 0 spiro atoms. The van der Waals surface area contributed by atoms with Crippen LogP contribution in [0.1, 0.15) is 43.2 Å². The van der Waals surface area contributed by atoms with Gasteiger partial charge in [-0.05, 0) is 43.0 Å². The number of benzene rings is 2. The van der Waals surface area contributed by atoms with Crippen LogP contribution in [0.4, 0.5) is 0 Å². The molecule has 0 bridgehead atoms. The lowest BCUT2D eigenvalue weighted by Gasteiger charge is -2.34. The number of Topliss-reactive ketones (excluding diaryl/α,β-unsaturated/α-hetero) is 1. The molecule has 1 aliphatic carbocycles. The average Bonchev–Trinajstić information content (AvgIpc) is 2.72. The van der Waals surface area contributed by atoms with Gasteiger partial charge in [0.1, 0.15) is 6.61 Å². The van der Waals surface area contributed by atoms with Crippen LogP contribution in [0.5, 0.6) is 0 Å². The van der Waals surface area contributed by atoms with Crippen molar-refractivity contribution >= 4 is 35.0 Å². The van der Waals surface area contributed by atoms with Crippen LogP contribution < -0.4 is 5.32 Å². The molecular formula is C24H21Cl2NO3. The quantitative estimate of drug-likeness (QED) is 0.617. The van der Waals surface area contributed by atoms with Crippen molar-refractivity contribution in [1.82, 2.24) is 5.32 Å². The summed E-state index contributed by atoms with van der Waals surface area (Å²) >= 11 is 12.6. The number of dihydropyridines is 1. The fraction of sp³-hybridized carbons (Fsp3) is 0.250. The lowest BCUT2D eigenvalue weighted by molar-refractivity contribution is -0.140. The summed E-state index contributed by atoms with van der Waals surface area (Å²) in [6.07, 6.45) is 1.99. The molecule has 1 unspecified atom stereocenters. The molecule has 1 aliphatic heterocycles. The molecule has 0 saturated heterocycles. The van der Waals surface area contributed by atoms with Crippen molar-refractivity contribution in [3.63, 3.8) is 0 Å². The SMILES string of the molecule is CC1=C(C(=O)OCc2ccccc2)C(c2ccc(Cl)cc2Cl)C2=C(CCCC2=O)N1. The van der Waals surface area contributed by atoms with Gasteiger partial charge in [0.2, 0.25) is 0 Å². The second-order valence-corrected chi connectivity index (χ2v) is 8.34. The highest BCUT2D eigenvalue weighted by Crippen LogP contribution is 2.45. The first kappa shape index (κ1) is 20.7. The van der Waals surface area contributed by atoms with E-state index in [9.17, 15) is 9.59 Å². The first-order valence-electron chi connectivity index (χ1n) is 9.85. The number of halogens is 2.